The number of carbonyl (C=O) groups excluding carboxylic acids is 4. The number of aromatic nitrogens is 1. The number of amides is 2. The zero-order chi connectivity index (χ0) is 22.1. The Kier molecular flexibility index (Phi) is 8.54. The van der Waals surface area contributed by atoms with Gasteiger partial charge in [0.1, 0.15) is 5.56 Å². The van der Waals surface area contributed by atoms with E-state index in [0.29, 0.717) is 24.3 Å². The highest BCUT2D eigenvalue weighted by molar-refractivity contribution is 8.04. The van der Waals surface area contributed by atoms with E-state index >= 15 is 0 Å². The molecule has 2 aromatic rings. The van der Waals surface area contributed by atoms with Crippen LogP contribution in [0.4, 0.5) is 5.69 Å². The number of nitrogens with one attached hydrogen (secondary N) is 2. The highest BCUT2D eigenvalue weighted by atomic mass is 32.2. The third kappa shape index (κ3) is 5.44. The topological polar surface area (TPSA) is 118 Å². The molecule has 0 bridgehead atoms. The zero-order valence-corrected chi connectivity index (χ0v) is 17.8. The summed E-state index contributed by atoms with van der Waals surface area (Å²) in [6.07, 6.45) is 2.04. The van der Waals surface area contributed by atoms with Crippen molar-refractivity contribution in [3.05, 3.63) is 58.3 Å². The predicted octanol–water partition coefficient (Wildman–Crippen LogP) is 3.48. The molecule has 0 radical (unpaired) electrons. The van der Waals surface area contributed by atoms with Crippen molar-refractivity contribution in [1.82, 2.24) is 10.5 Å². The minimum absolute atomic E-state index is 0.0955. The summed E-state index contributed by atoms with van der Waals surface area (Å²) in [4.78, 5) is 49.0. The van der Waals surface area contributed by atoms with Gasteiger partial charge in [-0.1, -0.05) is 37.2 Å². The number of ketones is 2. The van der Waals surface area contributed by atoms with Gasteiger partial charge in [0.25, 0.3) is 5.91 Å². The second kappa shape index (κ2) is 11.1. The standard InChI is InChI=1S/C19H17N3O5S.C2H6/c1-20-14(24)8-5-9-28-13-10-12(23)18-15(17(13)25)16(22-27-18)19(26)21-11-6-3-2-4-7-11;1-2/h2-4,6-7,10H,5,8-9H2,1H3,(H,20,24)(H,21,26);1-2H3. The van der Waals surface area contributed by atoms with Crippen LogP contribution in [0.2, 0.25) is 0 Å². The average molecular weight is 429 g/mol. The molecule has 1 aliphatic carbocycles. The summed E-state index contributed by atoms with van der Waals surface area (Å²) in [5, 5.41) is 8.78. The van der Waals surface area contributed by atoms with E-state index in [9.17, 15) is 19.2 Å². The number of hydrogen-bond acceptors (Lipinski definition) is 7. The van der Waals surface area contributed by atoms with Crippen molar-refractivity contribution in [3.63, 3.8) is 0 Å². The van der Waals surface area contributed by atoms with Crippen molar-refractivity contribution < 1.29 is 23.7 Å². The van der Waals surface area contributed by atoms with Gasteiger partial charge in [-0.25, -0.2) is 0 Å². The van der Waals surface area contributed by atoms with E-state index in [2.05, 4.69) is 15.8 Å². The van der Waals surface area contributed by atoms with Gasteiger partial charge in [-0.2, -0.15) is 0 Å². The van der Waals surface area contributed by atoms with Gasteiger partial charge < -0.3 is 15.2 Å². The first kappa shape index (κ1) is 23.1. The van der Waals surface area contributed by atoms with E-state index in [1.165, 1.54) is 6.08 Å². The SMILES string of the molecule is CC.CNC(=O)CCCSC1=CC(=O)c2onc(C(=O)Nc3ccccc3)c2C1=O. The molecule has 0 spiro atoms. The number of anilines is 1. The minimum Gasteiger partial charge on any atom is -0.359 e. The van der Waals surface area contributed by atoms with E-state index in [1.54, 1.807) is 37.4 Å². The summed E-state index contributed by atoms with van der Waals surface area (Å²) < 4.78 is 4.96. The Hall–Kier alpha value is -3.20. The second-order valence-corrected chi connectivity index (χ2v) is 7.02. The van der Waals surface area contributed by atoms with E-state index in [0.717, 1.165) is 11.8 Å². The second-order valence-electron chi connectivity index (χ2n) is 5.88. The largest absolute Gasteiger partial charge is 0.359 e. The first-order valence-corrected chi connectivity index (χ1v) is 10.5. The lowest BCUT2D eigenvalue weighted by molar-refractivity contribution is -0.120. The van der Waals surface area contributed by atoms with Crippen molar-refractivity contribution in [2.75, 3.05) is 18.1 Å². The molecule has 0 aliphatic heterocycles. The minimum atomic E-state index is -0.636. The Morgan fingerprint density at radius 1 is 1.13 bits per heavy atom. The molecule has 0 atom stereocenters. The summed E-state index contributed by atoms with van der Waals surface area (Å²) in [7, 11) is 1.55. The van der Waals surface area contributed by atoms with Crippen LogP contribution in [-0.2, 0) is 4.79 Å². The van der Waals surface area contributed by atoms with Crippen LogP contribution in [0.5, 0.6) is 0 Å². The Morgan fingerprint density at radius 3 is 2.50 bits per heavy atom. The number of fused-ring (bicyclic) bond motifs is 1. The lowest BCUT2D eigenvalue weighted by atomic mass is 9.99. The fraction of sp³-hybridized carbons (Fsp3) is 0.286. The van der Waals surface area contributed by atoms with Crippen molar-refractivity contribution in [3.8, 4) is 0 Å². The van der Waals surface area contributed by atoms with E-state index < -0.39 is 17.5 Å². The number of hydrogen-bond donors (Lipinski definition) is 2. The lowest BCUT2D eigenvalue weighted by Crippen LogP contribution is -2.20. The van der Waals surface area contributed by atoms with Crippen molar-refractivity contribution in [2.24, 2.45) is 0 Å². The molecule has 1 aromatic carbocycles. The molecule has 0 unspecified atom stereocenters. The molecule has 0 saturated carbocycles. The first-order chi connectivity index (χ1) is 14.5. The molecule has 0 saturated heterocycles. The molecule has 9 heteroatoms. The van der Waals surface area contributed by atoms with Crippen LogP contribution in [-0.4, -0.2) is 41.3 Å². The Morgan fingerprint density at radius 2 is 1.83 bits per heavy atom. The molecule has 2 N–H and O–H groups in total. The fourth-order valence-electron chi connectivity index (χ4n) is 2.56. The molecule has 2 amide bonds. The van der Waals surface area contributed by atoms with E-state index in [1.807, 2.05) is 13.8 Å². The number of carbonyl (C=O) groups is 4. The Labute approximate surface area is 178 Å². The van der Waals surface area contributed by atoms with Gasteiger partial charge in [0.2, 0.25) is 23.2 Å². The predicted molar refractivity (Wildman–Crippen MR) is 115 cm³/mol. The summed E-state index contributed by atoms with van der Waals surface area (Å²) in [6, 6.07) is 8.67. The zero-order valence-electron chi connectivity index (χ0n) is 17.0. The molecular weight excluding hydrogens is 406 g/mol. The van der Waals surface area contributed by atoms with Gasteiger partial charge in [0, 0.05) is 25.2 Å². The molecule has 1 aliphatic rings. The summed E-state index contributed by atoms with van der Waals surface area (Å²) in [5.74, 6) is -1.50. The number of para-hydroxylation sites is 1. The number of allylic oxidation sites excluding steroid dienone is 2. The molecule has 0 fully saturated rings. The van der Waals surface area contributed by atoms with Crippen LogP contribution in [0.3, 0.4) is 0 Å². The van der Waals surface area contributed by atoms with Crippen molar-refractivity contribution >= 4 is 40.8 Å². The molecule has 1 aromatic heterocycles. The number of benzene rings is 1. The maximum absolute atomic E-state index is 12.8. The van der Waals surface area contributed by atoms with Gasteiger partial charge in [-0.05, 0) is 24.3 Å². The van der Waals surface area contributed by atoms with Crippen LogP contribution in [0, 0.1) is 0 Å². The highest BCUT2D eigenvalue weighted by Crippen LogP contribution is 2.31. The Balaban J connectivity index is 0.00000155. The highest BCUT2D eigenvalue weighted by Gasteiger charge is 2.36. The van der Waals surface area contributed by atoms with Crippen LogP contribution in [0.25, 0.3) is 0 Å². The molecule has 8 nitrogen and oxygen atoms in total. The van der Waals surface area contributed by atoms with E-state index in [-0.39, 0.29) is 27.8 Å². The lowest BCUT2D eigenvalue weighted by Gasteiger charge is -2.11. The molecular formula is C21H23N3O5S. The third-order valence-corrected chi connectivity index (χ3v) is 5.07. The fourth-order valence-corrected chi connectivity index (χ4v) is 3.49. The summed E-state index contributed by atoms with van der Waals surface area (Å²) >= 11 is 1.16. The number of thioether (sulfide) groups is 1. The monoisotopic (exact) mass is 429 g/mol. The average Bonchev–Trinajstić information content (AvgIpc) is 3.22. The van der Waals surface area contributed by atoms with Gasteiger partial charge in [0.15, 0.2) is 5.69 Å². The Bertz CT molecular complexity index is 966. The van der Waals surface area contributed by atoms with Gasteiger partial charge in [0.05, 0.1) is 4.91 Å². The van der Waals surface area contributed by atoms with Gasteiger partial charge in [-0.15, -0.1) is 11.8 Å². The van der Waals surface area contributed by atoms with Gasteiger partial charge in [-0.3, -0.25) is 19.2 Å². The third-order valence-electron chi connectivity index (χ3n) is 3.96. The number of rotatable bonds is 7. The van der Waals surface area contributed by atoms with Crippen LogP contribution in [0.1, 0.15) is 58.1 Å². The smallest absolute Gasteiger partial charge is 0.278 e. The molecule has 1 heterocycles. The summed E-state index contributed by atoms with van der Waals surface area (Å²) in [5.41, 5.74) is 0.168. The van der Waals surface area contributed by atoms with Crippen molar-refractivity contribution in [2.45, 2.75) is 26.7 Å². The van der Waals surface area contributed by atoms with E-state index in [4.69, 9.17) is 4.52 Å². The quantitative estimate of drug-likeness (QED) is 0.647. The number of nitrogens with zero attached hydrogens (tertiary/aromatic N) is 1. The van der Waals surface area contributed by atoms with Crippen LogP contribution >= 0.6 is 11.8 Å². The first-order valence-electron chi connectivity index (χ1n) is 9.51. The molecule has 158 valence electrons. The van der Waals surface area contributed by atoms with Crippen LogP contribution < -0.4 is 10.6 Å². The maximum Gasteiger partial charge on any atom is 0.278 e. The normalized spacial score (nSPS) is 12.3. The van der Waals surface area contributed by atoms with Gasteiger partial charge >= 0.3 is 0 Å². The molecule has 3 rings (SSSR count). The van der Waals surface area contributed by atoms with Crippen LogP contribution in [0.15, 0.2) is 45.8 Å². The summed E-state index contributed by atoms with van der Waals surface area (Å²) in [6.45, 7) is 4.00. The van der Waals surface area contributed by atoms with Crippen molar-refractivity contribution in [1.29, 1.82) is 0 Å². The number of Topliss-reactive ketones (excluding diaryl/α,β-unsaturated/α-hetero) is 1. The molecule has 30 heavy (non-hydrogen) atoms. The maximum atomic E-state index is 12.8.